The first-order valence-electron chi connectivity index (χ1n) is 6.56. The van der Waals surface area contributed by atoms with E-state index < -0.39 is 5.60 Å². The molecule has 0 spiro atoms. The number of hydrogen-bond donors (Lipinski definition) is 2. The number of nitrogens with one attached hydrogen (secondary N) is 1. The molecule has 2 atom stereocenters. The number of aryl methyl sites for hydroxylation is 1. The van der Waals surface area contributed by atoms with Crippen LogP contribution in [0.3, 0.4) is 0 Å². The molecular formula is C12H22N4O2. The van der Waals surface area contributed by atoms with Gasteiger partial charge in [0.1, 0.15) is 5.60 Å². The van der Waals surface area contributed by atoms with Crippen LogP contribution in [0.25, 0.3) is 0 Å². The predicted octanol–water partition coefficient (Wildman–Crippen LogP) is 0.274. The second-order valence-electron chi connectivity index (χ2n) is 5.05. The van der Waals surface area contributed by atoms with Gasteiger partial charge in [0.2, 0.25) is 0 Å². The third kappa shape index (κ3) is 3.07. The number of rotatable bonds is 5. The van der Waals surface area contributed by atoms with Crippen LogP contribution in [-0.2, 0) is 16.9 Å². The Balaban J connectivity index is 2.06. The molecule has 2 N–H and O–H groups in total. The van der Waals surface area contributed by atoms with E-state index in [1.807, 2.05) is 6.92 Å². The van der Waals surface area contributed by atoms with Crippen molar-refractivity contribution < 1.29 is 9.84 Å². The summed E-state index contributed by atoms with van der Waals surface area (Å²) in [5.41, 5.74) is -0.159. The van der Waals surface area contributed by atoms with Crippen LogP contribution in [0.15, 0.2) is 6.20 Å². The Bertz CT molecular complexity index is 372. The van der Waals surface area contributed by atoms with E-state index in [1.165, 1.54) is 0 Å². The fourth-order valence-electron chi connectivity index (χ4n) is 2.39. The summed E-state index contributed by atoms with van der Waals surface area (Å²) in [4.78, 5) is 0. The highest BCUT2D eigenvalue weighted by atomic mass is 16.5. The highest BCUT2D eigenvalue weighted by molar-refractivity contribution is 5.07. The molecule has 1 aliphatic rings. The van der Waals surface area contributed by atoms with Gasteiger partial charge in [-0.25, -0.2) is 4.68 Å². The molecule has 2 heterocycles. The zero-order chi connectivity index (χ0) is 13.0. The van der Waals surface area contributed by atoms with E-state index in [0.717, 1.165) is 31.8 Å². The van der Waals surface area contributed by atoms with Crippen molar-refractivity contribution in [3.8, 4) is 0 Å². The molecule has 1 aliphatic heterocycles. The molecular weight excluding hydrogens is 232 g/mol. The fourth-order valence-corrected chi connectivity index (χ4v) is 2.39. The Morgan fingerprint density at radius 1 is 1.67 bits per heavy atom. The van der Waals surface area contributed by atoms with Gasteiger partial charge >= 0.3 is 0 Å². The Labute approximate surface area is 107 Å². The molecule has 2 rings (SSSR count). The standard InChI is InChI=1S/C12H22N4O2/c1-3-5-16-11(8-14-15-16)12(2,17)7-10-9-18-6-4-13-10/h8,10,13,17H,3-7,9H2,1-2H3. The molecule has 18 heavy (non-hydrogen) atoms. The van der Waals surface area contributed by atoms with Crippen molar-refractivity contribution in [1.82, 2.24) is 20.3 Å². The Morgan fingerprint density at radius 3 is 3.17 bits per heavy atom. The summed E-state index contributed by atoms with van der Waals surface area (Å²) in [7, 11) is 0. The zero-order valence-corrected chi connectivity index (χ0v) is 11.1. The Morgan fingerprint density at radius 2 is 2.50 bits per heavy atom. The third-order valence-corrected chi connectivity index (χ3v) is 3.25. The molecule has 6 nitrogen and oxygen atoms in total. The number of aliphatic hydroxyl groups is 1. The maximum atomic E-state index is 10.6. The van der Waals surface area contributed by atoms with E-state index in [1.54, 1.807) is 10.9 Å². The summed E-state index contributed by atoms with van der Waals surface area (Å²) in [5, 5.41) is 21.9. The number of aromatic nitrogens is 3. The number of hydrogen-bond acceptors (Lipinski definition) is 5. The van der Waals surface area contributed by atoms with Crippen molar-refractivity contribution in [1.29, 1.82) is 0 Å². The first-order valence-corrected chi connectivity index (χ1v) is 6.56. The summed E-state index contributed by atoms with van der Waals surface area (Å²) >= 11 is 0. The summed E-state index contributed by atoms with van der Waals surface area (Å²) in [5.74, 6) is 0. The van der Waals surface area contributed by atoms with Crippen molar-refractivity contribution >= 4 is 0 Å². The minimum Gasteiger partial charge on any atom is -0.384 e. The molecule has 2 unspecified atom stereocenters. The monoisotopic (exact) mass is 254 g/mol. The van der Waals surface area contributed by atoms with Crippen molar-refractivity contribution in [3.05, 3.63) is 11.9 Å². The van der Waals surface area contributed by atoms with Crippen LogP contribution in [0.2, 0.25) is 0 Å². The van der Waals surface area contributed by atoms with Crippen molar-refractivity contribution in [2.45, 2.75) is 44.9 Å². The van der Waals surface area contributed by atoms with Crippen molar-refractivity contribution in [3.63, 3.8) is 0 Å². The molecule has 0 bridgehead atoms. The lowest BCUT2D eigenvalue weighted by atomic mass is 9.93. The molecule has 1 aromatic rings. The van der Waals surface area contributed by atoms with Gasteiger partial charge in [-0.1, -0.05) is 12.1 Å². The highest BCUT2D eigenvalue weighted by Gasteiger charge is 2.31. The van der Waals surface area contributed by atoms with Crippen LogP contribution in [0, 0.1) is 0 Å². The first kappa shape index (κ1) is 13.5. The van der Waals surface area contributed by atoms with Crippen LogP contribution >= 0.6 is 0 Å². The molecule has 1 aromatic heterocycles. The molecule has 0 aromatic carbocycles. The van der Waals surface area contributed by atoms with E-state index in [-0.39, 0.29) is 6.04 Å². The molecule has 6 heteroatoms. The van der Waals surface area contributed by atoms with Gasteiger partial charge in [0, 0.05) is 19.1 Å². The lowest BCUT2D eigenvalue weighted by molar-refractivity contribution is -0.00244. The molecule has 1 fully saturated rings. The Hall–Kier alpha value is -0.980. The van der Waals surface area contributed by atoms with Gasteiger partial charge in [0.15, 0.2) is 0 Å². The molecule has 0 saturated carbocycles. The van der Waals surface area contributed by atoms with Gasteiger partial charge < -0.3 is 15.2 Å². The minimum atomic E-state index is -0.933. The summed E-state index contributed by atoms with van der Waals surface area (Å²) in [6.45, 7) is 6.90. The van der Waals surface area contributed by atoms with Gasteiger partial charge in [0.25, 0.3) is 0 Å². The molecule has 0 amide bonds. The normalized spacial score (nSPS) is 23.8. The van der Waals surface area contributed by atoms with E-state index >= 15 is 0 Å². The zero-order valence-electron chi connectivity index (χ0n) is 11.1. The highest BCUT2D eigenvalue weighted by Crippen LogP contribution is 2.25. The summed E-state index contributed by atoms with van der Waals surface area (Å²) in [6.07, 6.45) is 3.22. The number of ether oxygens (including phenoxy) is 1. The van der Waals surface area contributed by atoms with Crippen molar-refractivity contribution in [2.75, 3.05) is 19.8 Å². The van der Waals surface area contributed by atoms with Crippen LogP contribution < -0.4 is 5.32 Å². The van der Waals surface area contributed by atoms with Crippen LogP contribution in [0.1, 0.15) is 32.4 Å². The SMILES string of the molecule is CCCn1nncc1C(C)(O)CC1COCCN1. The fraction of sp³-hybridized carbons (Fsp3) is 0.833. The topological polar surface area (TPSA) is 72.2 Å². The second kappa shape index (κ2) is 5.77. The van der Waals surface area contributed by atoms with E-state index in [0.29, 0.717) is 13.0 Å². The molecule has 1 saturated heterocycles. The molecule has 0 radical (unpaired) electrons. The molecule has 0 aliphatic carbocycles. The van der Waals surface area contributed by atoms with Gasteiger partial charge in [-0.3, -0.25) is 0 Å². The smallest absolute Gasteiger partial charge is 0.107 e. The van der Waals surface area contributed by atoms with E-state index in [9.17, 15) is 5.11 Å². The quantitative estimate of drug-likeness (QED) is 0.789. The third-order valence-electron chi connectivity index (χ3n) is 3.25. The van der Waals surface area contributed by atoms with Crippen LogP contribution in [0.5, 0.6) is 0 Å². The average molecular weight is 254 g/mol. The lowest BCUT2D eigenvalue weighted by Crippen LogP contribution is -2.45. The number of nitrogens with zero attached hydrogens (tertiary/aromatic N) is 3. The van der Waals surface area contributed by atoms with Gasteiger partial charge in [-0.2, -0.15) is 0 Å². The summed E-state index contributed by atoms with van der Waals surface area (Å²) in [6, 6.07) is 0.179. The van der Waals surface area contributed by atoms with Crippen LogP contribution in [-0.4, -0.2) is 45.9 Å². The van der Waals surface area contributed by atoms with Gasteiger partial charge in [-0.05, 0) is 19.8 Å². The average Bonchev–Trinajstić information content (AvgIpc) is 2.79. The molecule has 102 valence electrons. The Kier molecular flexibility index (Phi) is 4.31. The van der Waals surface area contributed by atoms with Crippen molar-refractivity contribution in [2.24, 2.45) is 0 Å². The second-order valence-corrected chi connectivity index (χ2v) is 5.05. The maximum Gasteiger partial charge on any atom is 0.107 e. The number of morpholine rings is 1. The first-order chi connectivity index (χ1) is 8.63. The lowest BCUT2D eigenvalue weighted by Gasteiger charge is -2.31. The van der Waals surface area contributed by atoms with E-state index in [4.69, 9.17) is 4.74 Å². The maximum absolute atomic E-state index is 10.6. The van der Waals surface area contributed by atoms with Gasteiger partial charge in [-0.15, -0.1) is 5.10 Å². The van der Waals surface area contributed by atoms with Crippen LogP contribution in [0.4, 0.5) is 0 Å². The van der Waals surface area contributed by atoms with E-state index in [2.05, 4.69) is 22.6 Å². The van der Waals surface area contributed by atoms with Gasteiger partial charge in [0.05, 0.1) is 25.1 Å². The minimum absolute atomic E-state index is 0.179. The largest absolute Gasteiger partial charge is 0.384 e. The summed E-state index contributed by atoms with van der Waals surface area (Å²) < 4.78 is 7.19. The predicted molar refractivity (Wildman–Crippen MR) is 67.1 cm³/mol.